The highest BCUT2D eigenvalue weighted by Gasteiger charge is 2.29. The summed E-state index contributed by atoms with van der Waals surface area (Å²) in [4.78, 5) is 1.12. The minimum atomic E-state index is -4.22. The maximum absolute atomic E-state index is 12.0. The molecule has 84 valence electrons. The molecule has 0 spiro atoms. The highest BCUT2D eigenvalue weighted by atomic mass is 32.1. The van der Waals surface area contributed by atoms with Crippen molar-refractivity contribution in [1.29, 1.82) is 0 Å². The molecule has 0 fully saturated rings. The third-order valence-electron chi connectivity index (χ3n) is 1.45. The van der Waals surface area contributed by atoms with Crippen LogP contribution in [0.3, 0.4) is 0 Å². The van der Waals surface area contributed by atoms with E-state index in [4.69, 9.17) is 5.11 Å². The Balaban J connectivity index is 3.95. The second kappa shape index (κ2) is 7.14. The van der Waals surface area contributed by atoms with Gasteiger partial charge in [0, 0.05) is 18.8 Å². The van der Waals surface area contributed by atoms with Crippen molar-refractivity contribution in [1.82, 2.24) is 4.90 Å². The molecule has 0 aromatic heterocycles. The Morgan fingerprint density at radius 3 is 2.36 bits per heavy atom. The summed E-state index contributed by atoms with van der Waals surface area (Å²) in [5.74, 6) is 0.499. The van der Waals surface area contributed by atoms with Gasteiger partial charge in [0.1, 0.15) is 0 Å². The average molecular weight is 229 g/mol. The molecule has 0 rings (SSSR count). The average Bonchev–Trinajstić information content (AvgIpc) is 2.02. The molecule has 0 saturated heterocycles. The lowest BCUT2D eigenvalue weighted by Crippen LogP contribution is -2.36. The van der Waals surface area contributed by atoms with Crippen molar-refractivity contribution in [3.63, 3.8) is 0 Å². The Morgan fingerprint density at radius 1 is 1.29 bits per heavy atom. The molecule has 6 heteroatoms. The fourth-order valence-corrected chi connectivity index (χ4v) is 1.08. The van der Waals surface area contributed by atoms with Crippen molar-refractivity contribution in [2.24, 2.45) is 0 Å². The van der Waals surface area contributed by atoms with Crippen LogP contribution in [0.4, 0.5) is 13.2 Å². The SMILES string of the molecule is OCCN(C/C=C/CS)CC(F)(F)F. The van der Waals surface area contributed by atoms with Crippen LogP contribution in [0, 0.1) is 0 Å². The van der Waals surface area contributed by atoms with Crippen molar-refractivity contribution in [3.8, 4) is 0 Å². The molecule has 0 aliphatic carbocycles. The Morgan fingerprint density at radius 2 is 1.93 bits per heavy atom. The van der Waals surface area contributed by atoms with Gasteiger partial charge in [0.05, 0.1) is 13.2 Å². The number of alkyl halides is 3. The molecule has 1 N–H and O–H groups in total. The van der Waals surface area contributed by atoms with Crippen LogP contribution in [0.5, 0.6) is 0 Å². The summed E-state index contributed by atoms with van der Waals surface area (Å²) in [5, 5.41) is 8.54. The number of nitrogens with zero attached hydrogens (tertiary/aromatic N) is 1. The number of rotatable bonds is 6. The molecule has 0 saturated carbocycles. The van der Waals surface area contributed by atoms with Gasteiger partial charge in [0.15, 0.2) is 0 Å². The quantitative estimate of drug-likeness (QED) is 0.530. The van der Waals surface area contributed by atoms with Crippen LogP contribution < -0.4 is 0 Å². The van der Waals surface area contributed by atoms with E-state index in [0.29, 0.717) is 5.75 Å². The molecule has 0 heterocycles. The summed E-state index contributed by atoms with van der Waals surface area (Å²) in [7, 11) is 0. The smallest absolute Gasteiger partial charge is 0.395 e. The van der Waals surface area contributed by atoms with Crippen LogP contribution in [0.25, 0.3) is 0 Å². The molecule has 14 heavy (non-hydrogen) atoms. The number of halogens is 3. The fraction of sp³-hybridized carbons (Fsp3) is 0.750. The van der Waals surface area contributed by atoms with E-state index >= 15 is 0 Å². The molecule has 2 nitrogen and oxygen atoms in total. The first-order valence-electron chi connectivity index (χ1n) is 4.15. The number of aliphatic hydroxyl groups excluding tert-OH is 1. The van der Waals surface area contributed by atoms with Gasteiger partial charge in [-0.3, -0.25) is 4.90 Å². The highest BCUT2D eigenvalue weighted by Crippen LogP contribution is 2.15. The summed E-state index contributed by atoms with van der Waals surface area (Å²) >= 11 is 3.88. The first-order valence-corrected chi connectivity index (χ1v) is 4.78. The Hall–Kier alpha value is -0.200. The van der Waals surface area contributed by atoms with E-state index in [-0.39, 0.29) is 19.7 Å². The number of hydrogen-bond donors (Lipinski definition) is 2. The van der Waals surface area contributed by atoms with Crippen LogP contribution in [0.1, 0.15) is 0 Å². The second-order valence-corrected chi connectivity index (χ2v) is 3.09. The van der Waals surface area contributed by atoms with Gasteiger partial charge in [-0.05, 0) is 0 Å². The number of hydrogen-bond acceptors (Lipinski definition) is 3. The Bertz CT molecular complexity index is 172. The summed E-state index contributed by atoms with van der Waals surface area (Å²) in [6.07, 6.45) is -0.942. The molecule has 0 radical (unpaired) electrons. The summed E-state index contributed by atoms with van der Waals surface area (Å²) in [5.41, 5.74) is 0. The molecule has 0 aliphatic rings. The van der Waals surface area contributed by atoms with Crippen LogP contribution in [-0.4, -0.2) is 48.2 Å². The molecule has 0 bridgehead atoms. The van der Waals surface area contributed by atoms with Crippen molar-refractivity contribution in [2.75, 3.05) is 32.0 Å². The summed E-state index contributed by atoms with van der Waals surface area (Å²) in [6.45, 7) is -1.06. The lowest BCUT2D eigenvalue weighted by molar-refractivity contribution is -0.145. The minimum absolute atomic E-state index is 0.0242. The molecule has 0 aromatic rings. The zero-order valence-corrected chi connectivity index (χ0v) is 8.56. The van der Waals surface area contributed by atoms with Gasteiger partial charge in [-0.2, -0.15) is 25.8 Å². The third-order valence-corrected chi connectivity index (χ3v) is 1.67. The van der Waals surface area contributed by atoms with E-state index in [0.717, 1.165) is 4.90 Å². The Kier molecular flexibility index (Phi) is 7.04. The van der Waals surface area contributed by atoms with E-state index in [1.165, 1.54) is 0 Å². The summed E-state index contributed by atoms with van der Waals surface area (Å²) < 4.78 is 35.9. The molecule has 0 atom stereocenters. The zero-order chi connectivity index (χ0) is 11.0. The molecule has 0 aromatic carbocycles. The van der Waals surface area contributed by atoms with Gasteiger partial charge in [-0.1, -0.05) is 12.2 Å². The van der Waals surface area contributed by atoms with E-state index in [9.17, 15) is 13.2 Å². The van der Waals surface area contributed by atoms with Crippen molar-refractivity contribution < 1.29 is 18.3 Å². The first-order chi connectivity index (χ1) is 6.49. The van der Waals surface area contributed by atoms with Gasteiger partial charge in [-0.25, -0.2) is 0 Å². The topological polar surface area (TPSA) is 23.5 Å². The van der Waals surface area contributed by atoms with Crippen LogP contribution in [0.2, 0.25) is 0 Å². The predicted octanol–water partition coefficient (Wildman–Crippen LogP) is 1.33. The molecule has 0 unspecified atom stereocenters. The normalized spacial score (nSPS) is 13.0. The van der Waals surface area contributed by atoms with Crippen molar-refractivity contribution >= 4 is 12.6 Å². The van der Waals surface area contributed by atoms with Crippen molar-refractivity contribution in [2.45, 2.75) is 6.18 Å². The number of thiol groups is 1. The highest BCUT2D eigenvalue weighted by molar-refractivity contribution is 7.80. The lowest BCUT2D eigenvalue weighted by Gasteiger charge is -2.20. The third kappa shape index (κ3) is 8.40. The Labute approximate surface area is 86.8 Å². The van der Waals surface area contributed by atoms with Crippen LogP contribution in [0.15, 0.2) is 12.2 Å². The minimum Gasteiger partial charge on any atom is -0.395 e. The van der Waals surface area contributed by atoms with Crippen LogP contribution >= 0.6 is 12.6 Å². The second-order valence-electron chi connectivity index (χ2n) is 2.73. The first kappa shape index (κ1) is 13.8. The summed E-state index contributed by atoms with van der Waals surface area (Å²) in [6, 6.07) is 0. The maximum Gasteiger partial charge on any atom is 0.401 e. The van der Waals surface area contributed by atoms with Gasteiger partial charge in [0.25, 0.3) is 0 Å². The van der Waals surface area contributed by atoms with Gasteiger partial charge in [-0.15, -0.1) is 0 Å². The van der Waals surface area contributed by atoms with Crippen LogP contribution in [-0.2, 0) is 0 Å². The lowest BCUT2D eigenvalue weighted by atomic mass is 10.4. The van der Waals surface area contributed by atoms with E-state index < -0.39 is 12.7 Å². The molecule has 0 amide bonds. The molecular weight excluding hydrogens is 215 g/mol. The fourth-order valence-electron chi connectivity index (χ4n) is 0.928. The zero-order valence-electron chi connectivity index (χ0n) is 7.67. The predicted molar refractivity (Wildman–Crippen MR) is 52.6 cm³/mol. The van der Waals surface area contributed by atoms with Crippen molar-refractivity contribution in [3.05, 3.63) is 12.2 Å². The monoisotopic (exact) mass is 229 g/mol. The molecular formula is C8H14F3NOS. The largest absolute Gasteiger partial charge is 0.401 e. The van der Waals surface area contributed by atoms with E-state index in [1.54, 1.807) is 12.2 Å². The van der Waals surface area contributed by atoms with Gasteiger partial charge in [0.2, 0.25) is 0 Å². The standard InChI is InChI=1S/C8H14F3NOS/c9-8(10,11)7-12(4-5-13)3-1-2-6-14/h1-2,13-14H,3-7H2/b2-1+. The number of aliphatic hydroxyl groups is 1. The van der Waals surface area contributed by atoms with Gasteiger partial charge >= 0.3 is 6.18 Å². The maximum atomic E-state index is 12.0. The van der Waals surface area contributed by atoms with E-state index in [1.807, 2.05) is 0 Å². The molecule has 0 aliphatic heterocycles. The van der Waals surface area contributed by atoms with E-state index in [2.05, 4.69) is 12.6 Å². The van der Waals surface area contributed by atoms with Gasteiger partial charge < -0.3 is 5.11 Å².